The fourth-order valence-electron chi connectivity index (χ4n) is 3.24. The minimum Gasteiger partial charge on any atom is -0.250 e. The molecule has 1 aliphatic carbocycles. The van der Waals surface area contributed by atoms with Gasteiger partial charge in [0.05, 0.1) is 21.9 Å². The molecule has 0 radical (unpaired) electrons. The van der Waals surface area contributed by atoms with Crippen molar-refractivity contribution in [3.63, 3.8) is 0 Å². The summed E-state index contributed by atoms with van der Waals surface area (Å²) in [6.45, 7) is 3.17. The Morgan fingerprint density at radius 3 is 2.44 bits per heavy atom. The second-order valence-electron chi connectivity index (χ2n) is 7.61. The van der Waals surface area contributed by atoms with Crippen molar-refractivity contribution in [3.05, 3.63) is 36.2 Å². The van der Waals surface area contributed by atoms with Crippen molar-refractivity contribution in [1.82, 2.24) is 19.6 Å². The number of fused-ring (bicyclic) bond motifs is 1. The normalized spacial score (nSPS) is 15.9. The highest BCUT2D eigenvalue weighted by molar-refractivity contribution is 7.91. The molecule has 0 saturated heterocycles. The molecule has 1 fully saturated rings. The summed E-state index contributed by atoms with van der Waals surface area (Å²) in [5.41, 5.74) is -2.14. The Labute approximate surface area is 182 Å². The van der Waals surface area contributed by atoms with Crippen molar-refractivity contribution < 1.29 is 30.0 Å². The van der Waals surface area contributed by atoms with E-state index in [4.69, 9.17) is 0 Å². The number of rotatable bonds is 6. The van der Waals surface area contributed by atoms with Gasteiger partial charge < -0.3 is 0 Å². The van der Waals surface area contributed by atoms with Gasteiger partial charge in [0.1, 0.15) is 11.5 Å². The van der Waals surface area contributed by atoms with Gasteiger partial charge in [0.15, 0.2) is 21.2 Å². The molecular formula is C18H18F3N5O4S2. The minimum absolute atomic E-state index is 0.0114. The first kappa shape index (κ1) is 22.5. The van der Waals surface area contributed by atoms with Gasteiger partial charge in [-0.25, -0.2) is 35.6 Å². The molecule has 1 aliphatic rings. The number of thiol groups is 1. The fraction of sp³-hybridized carbons (Fsp3) is 0.389. The van der Waals surface area contributed by atoms with Gasteiger partial charge in [0.25, 0.3) is 0 Å². The summed E-state index contributed by atoms with van der Waals surface area (Å²) >= 11 is 0. The van der Waals surface area contributed by atoms with E-state index in [1.165, 1.54) is 31.3 Å². The summed E-state index contributed by atoms with van der Waals surface area (Å²) in [7, 11) is -6.87. The third-order valence-corrected chi connectivity index (χ3v) is 8.06. The fourth-order valence-corrected chi connectivity index (χ4v) is 5.15. The van der Waals surface area contributed by atoms with Crippen LogP contribution >= 0.6 is 0 Å². The van der Waals surface area contributed by atoms with E-state index in [1.54, 1.807) is 6.92 Å². The Bertz CT molecular complexity index is 1390. The average molecular weight is 490 g/mol. The molecule has 0 aromatic carbocycles. The first-order valence-electron chi connectivity index (χ1n) is 9.48. The highest BCUT2D eigenvalue weighted by Crippen LogP contribution is 2.44. The van der Waals surface area contributed by atoms with Gasteiger partial charge in [-0.15, -0.1) is 0 Å². The van der Waals surface area contributed by atoms with Gasteiger partial charge in [0, 0.05) is 12.3 Å². The summed E-state index contributed by atoms with van der Waals surface area (Å²) in [5, 5.41) is 3.42. The van der Waals surface area contributed by atoms with Crippen LogP contribution in [0.25, 0.3) is 17.0 Å². The van der Waals surface area contributed by atoms with Crippen molar-refractivity contribution in [2.45, 2.75) is 43.3 Å². The molecule has 9 nitrogen and oxygen atoms in total. The van der Waals surface area contributed by atoms with Gasteiger partial charge in [-0.05, 0) is 38.0 Å². The summed E-state index contributed by atoms with van der Waals surface area (Å²) < 4.78 is 90.1. The predicted molar refractivity (Wildman–Crippen MR) is 109 cm³/mol. The van der Waals surface area contributed by atoms with Gasteiger partial charge in [-0.2, -0.15) is 18.3 Å². The molecule has 32 heavy (non-hydrogen) atoms. The molecule has 3 heterocycles. The number of halogens is 3. The number of pyridine rings is 1. The molecule has 4 rings (SSSR count). The zero-order valence-electron chi connectivity index (χ0n) is 16.9. The summed E-state index contributed by atoms with van der Waals surface area (Å²) in [5.74, 6) is -0.247. The smallest absolute Gasteiger partial charge is 0.250 e. The van der Waals surface area contributed by atoms with Crippen LogP contribution in [-0.4, -0.2) is 47.7 Å². The lowest BCUT2D eigenvalue weighted by molar-refractivity contribution is -0.141. The van der Waals surface area contributed by atoms with Crippen LogP contribution in [0.5, 0.6) is 0 Å². The van der Waals surface area contributed by atoms with Crippen molar-refractivity contribution in [1.29, 1.82) is 0 Å². The van der Waals surface area contributed by atoms with Gasteiger partial charge >= 0.3 is 6.18 Å². The number of alkyl halides is 3. The molecular weight excluding hydrogens is 471 g/mol. The summed E-state index contributed by atoms with van der Waals surface area (Å²) in [6, 6.07) is 4.56. The topological polar surface area (TPSA) is 115 Å². The number of sulfone groups is 1. The third-order valence-electron chi connectivity index (χ3n) is 5.28. The SMILES string of the molecule is CCS(=O)(=O)c1ccc(N([SH](=O)=O)C2(C)CC2)nc1-c1ccn2nc(C(F)(F)F)cc2n1. The second-order valence-corrected chi connectivity index (χ2v) is 10.7. The van der Waals surface area contributed by atoms with E-state index in [0.29, 0.717) is 12.8 Å². The Morgan fingerprint density at radius 1 is 1.19 bits per heavy atom. The van der Waals surface area contributed by atoms with Gasteiger partial charge in [-0.3, -0.25) is 0 Å². The zero-order chi connectivity index (χ0) is 23.5. The van der Waals surface area contributed by atoms with Crippen molar-refractivity contribution >= 4 is 32.2 Å². The highest BCUT2D eigenvalue weighted by Gasteiger charge is 2.46. The van der Waals surface area contributed by atoms with Crippen molar-refractivity contribution in [3.8, 4) is 11.4 Å². The number of hydrogen-bond acceptors (Lipinski definition) is 7. The van der Waals surface area contributed by atoms with Crippen LogP contribution in [0.1, 0.15) is 32.4 Å². The monoisotopic (exact) mass is 489 g/mol. The van der Waals surface area contributed by atoms with Gasteiger partial charge in [-0.1, -0.05) is 6.92 Å². The van der Waals surface area contributed by atoms with Crippen LogP contribution in [0, 0.1) is 0 Å². The van der Waals surface area contributed by atoms with E-state index in [-0.39, 0.29) is 33.5 Å². The lowest BCUT2D eigenvalue weighted by atomic mass is 10.2. The quantitative estimate of drug-likeness (QED) is 0.529. The summed E-state index contributed by atoms with van der Waals surface area (Å²) in [4.78, 5) is 8.22. The van der Waals surface area contributed by atoms with E-state index in [0.717, 1.165) is 14.9 Å². The van der Waals surface area contributed by atoms with E-state index >= 15 is 0 Å². The molecule has 0 spiro atoms. The van der Waals surface area contributed by atoms with Crippen molar-refractivity contribution in [2.24, 2.45) is 0 Å². The molecule has 0 amide bonds. The van der Waals surface area contributed by atoms with Crippen LogP contribution < -0.4 is 4.31 Å². The van der Waals surface area contributed by atoms with E-state index in [2.05, 4.69) is 15.1 Å². The Hall–Kier alpha value is -2.74. The molecule has 3 aromatic heterocycles. The largest absolute Gasteiger partial charge is 0.435 e. The molecule has 0 N–H and O–H groups in total. The van der Waals surface area contributed by atoms with E-state index in [9.17, 15) is 30.0 Å². The Morgan fingerprint density at radius 2 is 1.88 bits per heavy atom. The first-order valence-corrected chi connectivity index (χ1v) is 12.3. The average Bonchev–Trinajstić information content (AvgIpc) is 3.28. The molecule has 3 aromatic rings. The molecule has 1 saturated carbocycles. The van der Waals surface area contributed by atoms with Crippen LogP contribution in [0.3, 0.4) is 0 Å². The van der Waals surface area contributed by atoms with Gasteiger partial charge in [0.2, 0.25) is 10.9 Å². The highest BCUT2D eigenvalue weighted by atomic mass is 32.2. The Kier molecular flexibility index (Phi) is 5.19. The Balaban J connectivity index is 1.93. The molecule has 172 valence electrons. The maximum Gasteiger partial charge on any atom is 0.435 e. The number of anilines is 1. The lowest BCUT2D eigenvalue weighted by Gasteiger charge is -2.24. The van der Waals surface area contributed by atoms with Crippen LogP contribution in [-0.2, 0) is 26.9 Å². The van der Waals surface area contributed by atoms with Crippen LogP contribution in [0.15, 0.2) is 35.4 Å². The minimum atomic E-state index is -4.68. The van der Waals surface area contributed by atoms with Crippen molar-refractivity contribution in [2.75, 3.05) is 10.1 Å². The standard InChI is InChI=1S/C18H18F3N5O4S2/c1-3-32(29,30)12-4-5-14(26(31(27)28)17(2)7-8-17)23-16(12)11-6-9-25-15(22-11)10-13(24-25)18(19,20)21/h4-6,9-10,31H,3,7-8H2,1-2H3. The third kappa shape index (κ3) is 3.92. The predicted octanol–water partition coefficient (Wildman–Crippen LogP) is 2.49. The zero-order valence-corrected chi connectivity index (χ0v) is 18.6. The molecule has 0 aliphatic heterocycles. The number of hydrogen-bond donors (Lipinski definition) is 1. The summed E-state index contributed by atoms with van der Waals surface area (Å²) in [6.07, 6.45) is -2.24. The molecule has 0 atom stereocenters. The lowest BCUT2D eigenvalue weighted by Crippen LogP contribution is -2.34. The first-order chi connectivity index (χ1) is 14.9. The van der Waals surface area contributed by atoms with E-state index in [1.807, 2.05) is 0 Å². The maximum absolute atomic E-state index is 13.0. The molecule has 0 unspecified atom stereocenters. The molecule has 0 bridgehead atoms. The van der Waals surface area contributed by atoms with Crippen LogP contribution in [0.4, 0.5) is 19.0 Å². The number of nitrogens with zero attached hydrogens (tertiary/aromatic N) is 5. The second kappa shape index (κ2) is 7.40. The van der Waals surface area contributed by atoms with E-state index < -0.39 is 38.1 Å². The maximum atomic E-state index is 13.0. The molecule has 14 heteroatoms. The van der Waals surface area contributed by atoms with Crippen LogP contribution in [0.2, 0.25) is 0 Å². The number of aromatic nitrogens is 4.